The van der Waals surface area contributed by atoms with Gasteiger partial charge in [0.15, 0.2) is 0 Å². The van der Waals surface area contributed by atoms with Crippen molar-refractivity contribution in [3.63, 3.8) is 0 Å². The SMILES string of the molecule is CCCCN(C(=O)Cc1csc(C(C)(C)C)n1)C1CC(C)(C)NC(C)(C)C1. The molecule has 1 saturated heterocycles. The molecule has 1 aliphatic rings. The zero-order valence-corrected chi connectivity index (χ0v) is 19.4. The summed E-state index contributed by atoms with van der Waals surface area (Å²) in [6.07, 6.45) is 4.57. The van der Waals surface area contributed by atoms with Gasteiger partial charge in [-0.2, -0.15) is 0 Å². The molecule has 1 aromatic heterocycles. The first-order chi connectivity index (χ1) is 12.3. The number of hydrogen-bond acceptors (Lipinski definition) is 4. The fraction of sp³-hybridized carbons (Fsp3) is 0.818. The summed E-state index contributed by atoms with van der Waals surface area (Å²) in [5, 5.41) is 6.90. The van der Waals surface area contributed by atoms with Crippen molar-refractivity contribution in [2.45, 2.75) is 110 Å². The van der Waals surface area contributed by atoms with Crippen LogP contribution in [0, 0.1) is 0 Å². The van der Waals surface area contributed by atoms with E-state index in [4.69, 9.17) is 4.98 Å². The third kappa shape index (κ3) is 6.28. The zero-order valence-electron chi connectivity index (χ0n) is 18.6. The maximum absolute atomic E-state index is 13.3. The Hall–Kier alpha value is -0.940. The van der Waals surface area contributed by atoms with Crippen LogP contribution < -0.4 is 5.32 Å². The number of thiazole rings is 1. The summed E-state index contributed by atoms with van der Waals surface area (Å²) in [5.74, 6) is 0.229. The third-order valence-electron chi connectivity index (χ3n) is 5.21. The van der Waals surface area contributed by atoms with Crippen molar-refractivity contribution in [1.82, 2.24) is 15.2 Å². The second-order valence-corrected chi connectivity index (χ2v) is 11.3. The first kappa shape index (κ1) is 22.4. The highest BCUT2D eigenvalue weighted by molar-refractivity contribution is 7.09. The fourth-order valence-corrected chi connectivity index (χ4v) is 5.22. The number of unbranched alkanes of at least 4 members (excludes halogenated alkanes) is 1. The van der Waals surface area contributed by atoms with Gasteiger partial charge in [0, 0.05) is 34.5 Å². The summed E-state index contributed by atoms with van der Waals surface area (Å²) in [7, 11) is 0. The number of hydrogen-bond donors (Lipinski definition) is 1. The highest BCUT2D eigenvalue weighted by atomic mass is 32.1. The average molecular weight is 394 g/mol. The van der Waals surface area contributed by atoms with E-state index in [1.54, 1.807) is 11.3 Å². The third-order valence-corrected chi connectivity index (χ3v) is 6.52. The maximum atomic E-state index is 13.3. The van der Waals surface area contributed by atoms with E-state index in [-0.39, 0.29) is 28.4 Å². The molecule has 0 radical (unpaired) electrons. The van der Waals surface area contributed by atoms with Crippen LogP contribution in [0.5, 0.6) is 0 Å². The molecule has 154 valence electrons. The van der Waals surface area contributed by atoms with Crippen LogP contribution >= 0.6 is 11.3 Å². The summed E-state index contributed by atoms with van der Waals surface area (Å²) >= 11 is 1.67. The van der Waals surface area contributed by atoms with Crippen molar-refractivity contribution in [2.24, 2.45) is 0 Å². The standard InChI is InChI=1S/C22H39N3OS/c1-9-10-11-25(17-13-21(5,6)24-22(7,8)14-17)18(26)12-16-15-27-19(23-16)20(2,3)4/h15,17,24H,9-14H2,1-8H3. The molecule has 0 atom stereocenters. The molecule has 0 aliphatic carbocycles. The number of carbonyl (C=O) groups is 1. The lowest BCUT2D eigenvalue weighted by atomic mass is 9.79. The van der Waals surface area contributed by atoms with Crippen molar-refractivity contribution < 1.29 is 4.79 Å². The molecule has 1 amide bonds. The molecule has 1 aromatic rings. The molecule has 2 heterocycles. The van der Waals surface area contributed by atoms with Gasteiger partial charge in [0.05, 0.1) is 17.1 Å². The second-order valence-electron chi connectivity index (χ2n) is 10.5. The monoisotopic (exact) mass is 393 g/mol. The zero-order chi connectivity index (χ0) is 20.5. The van der Waals surface area contributed by atoms with Crippen LogP contribution in [0.1, 0.15) is 91.8 Å². The molecule has 0 saturated carbocycles. The minimum atomic E-state index is 0.0386. The number of amides is 1. The van der Waals surface area contributed by atoms with E-state index in [9.17, 15) is 4.79 Å². The minimum Gasteiger partial charge on any atom is -0.339 e. The number of aromatic nitrogens is 1. The van der Waals surface area contributed by atoms with E-state index in [0.29, 0.717) is 6.42 Å². The minimum absolute atomic E-state index is 0.0386. The van der Waals surface area contributed by atoms with Crippen molar-refractivity contribution in [3.05, 3.63) is 16.1 Å². The lowest BCUT2D eigenvalue weighted by Crippen LogP contribution is -2.63. The van der Waals surface area contributed by atoms with Gasteiger partial charge >= 0.3 is 0 Å². The fourth-order valence-electron chi connectivity index (χ4n) is 4.32. The van der Waals surface area contributed by atoms with Crippen LogP contribution in [-0.2, 0) is 16.6 Å². The van der Waals surface area contributed by atoms with Gasteiger partial charge in [0.1, 0.15) is 0 Å². The van der Waals surface area contributed by atoms with Crippen molar-refractivity contribution in [1.29, 1.82) is 0 Å². The lowest BCUT2D eigenvalue weighted by Gasteiger charge is -2.49. The first-order valence-electron chi connectivity index (χ1n) is 10.4. The molecule has 27 heavy (non-hydrogen) atoms. The van der Waals surface area contributed by atoms with E-state index in [1.165, 1.54) is 0 Å². The smallest absolute Gasteiger partial charge is 0.228 e. The predicted molar refractivity (Wildman–Crippen MR) is 115 cm³/mol. The Kier molecular flexibility index (Phi) is 6.79. The van der Waals surface area contributed by atoms with Crippen LogP contribution in [0.3, 0.4) is 0 Å². The van der Waals surface area contributed by atoms with E-state index in [2.05, 4.69) is 71.0 Å². The molecule has 0 bridgehead atoms. The number of carbonyl (C=O) groups excluding carboxylic acids is 1. The molecule has 2 rings (SSSR count). The molecular formula is C22H39N3OS. The van der Waals surface area contributed by atoms with Gasteiger partial charge in [0.2, 0.25) is 5.91 Å². The number of nitrogens with one attached hydrogen (secondary N) is 1. The highest BCUT2D eigenvalue weighted by Crippen LogP contribution is 2.32. The lowest BCUT2D eigenvalue weighted by molar-refractivity contribution is -0.134. The topological polar surface area (TPSA) is 45.2 Å². The largest absolute Gasteiger partial charge is 0.339 e. The molecule has 0 aromatic carbocycles. The predicted octanol–water partition coefficient (Wildman–Crippen LogP) is 4.92. The Balaban J connectivity index is 2.17. The Morgan fingerprint density at radius 3 is 2.33 bits per heavy atom. The van der Waals surface area contributed by atoms with Crippen molar-refractivity contribution >= 4 is 17.2 Å². The van der Waals surface area contributed by atoms with Crippen LogP contribution in [0.15, 0.2) is 5.38 Å². The van der Waals surface area contributed by atoms with E-state index in [1.807, 2.05) is 0 Å². The Labute approximate surface area is 170 Å². The second kappa shape index (κ2) is 8.20. The quantitative estimate of drug-likeness (QED) is 0.746. The van der Waals surface area contributed by atoms with Gasteiger partial charge in [-0.25, -0.2) is 4.98 Å². The average Bonchev–Trinajstić information content (AvgIpc) is 2.93. The molecule has 0 unspecified atom stereocenters. The summed E-state index contributed by atoms with van der Waals surface area (Å²) < 4.78 is 0. The first-order valence-corrected chi connectivity index (χ1v) is 11.2. The molecule has 1 aliphatic heterocycles. The Morgan fingerprint density at radius 1 is 1.26 bits per heavy atom. The Bertz CT molecular complexity index is 626. The summed E-state index contributed by atoms with van der Waals surface area (Å²) in [5.41, 5.74) is 1.04. The van der Waals surface area contributed by atoms with Crippen LogP contribution in [0.4, 0.5) is 0 Å². The normalized spacial score (nSPS) is 19.9. The molecule has 4 nitrogen and oxygen atoms in total. The van der Waals surface area contributed by atoms with Gasteiger partial charge in [-0.3, -0.25) is 4.79 Å². The molecule has 1 fully saturated rings. The molecule has 1 N–H and O–H groups in total. The number of nitrogens with zero attached hydrogens (tertiary/aromatic N) is 2. The number of piperidine rings is 1. The van der Waals surface area contributed by atoms with Gasteiger partial charge < -0.3 is 10.2 Å². The van der Waals surface area contributed by atoms with Crippen molar-refractivity contribution in [3.8, 4) is 0 Å². The van der Waals surface area contributed by atoms with Gasteiger partial charge in [-0.1, -0.05) is 34.1 Å². The van der Waals surface area contributed by atoms with Crippen molar-refractivity contribution in [2.75, 3.05) is 6.54 Å². The molecule has 0 spiro atoms. The van der Waals surface area contributed by atoms with Gasteiger partial charge in [-0.05, 0) is 47.0 Å². The van der Waals surface area contributed by atoms with E-state index in [0.717, 1.165) is 42.9 Å². The summed E-state index contributed by atoms with van der Waals surface area (Å²) in [4.78, 5) is 20.2. The van der Waals surface area contributed by atoms with Crippen LogP contribution in [0.2, 0.25) is 0 Å². The summed E-state index contributed by atoms with van der Waals surface area (Å²) in [6, 6.07) is 0.288. The summed E-state index contributed by atoms with van der Waals surface area (Å²) in [6.45, 7) is 18.5. The Morgan fingerprint density at radius 2 is 1.85 bits per heavy atom. The van der Waals surface area contributed by atoms with Crippen LogP contribution in [-0.4, -0.2) is 39.5 Å². The van der Waals surface area contributed by atoms with E-state index < -0.39 is 0 Å². The molecular weight excluding hydrogens is 354 g/mol. The molecule has 5 heteroatoms. The van der Waals surface area contributed by atoms with Crippen LogP contribution in [0.25, 0.3) is 0 Å². The van der Waals surface area contributed by atoms with E-state index >= 15 is 0 Å². The highest BCUT2D eigenvalue weighted by Gasteiger charge is 2.41. The van der Waals surface area contributed by atoms with Gasteiger partial charge in [-0.15, -0.1) is 11.3 Å². The number of rotatable bonds is 6. The van der Waals surface area contributed by atoms with Gasteiger partial charge in [0.25, 0.3) is 0 Å². The maximum Gasteiger partial charge on any atom is 0.228 e.